The van der Waals surface area contributed by atoms with Crippen molar-refractivity contribution in [1.82, 2.24) is 15.0 Å². The van der Waals surface area contributed by atoms with Gasteiger partial charge in [0, 0.05) is 47.6 Å². The molecule has 0 saturated carbocycles. The van der Waals surface area contributed by atoms with E-state index in [0.29, 0.717) is 17.5 Å². The first-order valence-electron chi connectivity index (χ1n) is 15.9. The molecule has 224 valence electrons. The second kappa shape index (κ2) is 10.7. The standard InChI is InChI=1S/C43H25N3OS/c1-2-8-26(9-3-1)27-14-16-29(17-15-27)41-44-42(30-19-21-34-33-12-6-7-13-37(33)47-38(34)24-30)46-43(45-41)31-20-22-35-36-23-18-28-10-4-5-11-32(28)40(36)48-39(35)25-31/h1-25H. The van der Waals surface area contributed by atoms with E-state index in [2.05, 4.69) is 121 Å². The Hall–Kier alpha value is -6.17. The first-order chi connectivity index (χ1) is 23.7. The predicted molar refractivity (Wildman–Crippen MR) is 199 cm³/mol. The fraction of sp³-hybridized carbons (Fsp3) is 0. The van der Waals surface area contributed by atoms with Crippen LogP contribution in [0.15, 0.2) is 156 Å². The van der Waals surface area contributed by atoms with Gasteiger partial charge in [-0.25, -0.2) is 15.0 Å². The maximum absolute atomic E-state index is 6.24. The molecule has 0 N–H and O–H groups in total. The summed E-state index contributed by atoms with van der Waals surface area (Å²) in [5.74, 6) is 1.87. The third-order valence-corrected chi connectivity index (χ3v) is 10.3. The fourth-order valence-electron chi connectivity index (χ4n) is 6.71. The molecule has 0 unspecified atom stereocenters. The van der Waals surface area contributed by atoms with E-state index in [4.69, 9.17) is 19.4 Å². The maximum atomic E-state index is 6.24. The minimum Gasteiger partial charge on any atom is -0.456 e. The van der Waals surface area contributed by atoms with Crippen molar-refractivity contribution < 1.29 is 4.42 Å². The summed E-state index contributed by atoms with van der Waals surface area (Å²) in [6.45, 7) is 0. The highest BCUT2D eigenvalue weighted by molar-refractivity contribution is 7.26. The summed E-state index contributed by atoms with van der Waals surface area (Å²) in [6, 6.07) is 52.8. The Morgan fingerprint density at radius 3 is 1.75 bits per heavy atom. The van der Waals surface area contributed by atoms with Crippen molar-refractivity contribution in [3.05, 3.63) is 152 Å². The molecule has 0 aliphatic carbocycles. The van der Waals surface area contributed by atoms with E-state index in [9.17, 15) is 0 Å². The lowest BCUT2D eigenvalue weighted by Crippen LogP contribution is -2.00. The van der Waals surface area contributed by atoms with Crippen molar-refractivity contribution in [3.63, 3.8) is 0 Å². The van der Waals surface area contributed by atoms with Crippen molar-refractivity contribution in [2.75, 3.05) is 0 Å². The summed E-state index contributed by atoms with van der Waals surface area (Å²) in [5.41, 5.74) is 6.75. The van der Waals surface area contributed by atoms with Gasteiger partial charge in [-0.15, -0.1) is 11.3 Å². The van der Waals surface area contributed by atoms with Crippen LogP contribution >= 0.6 is 11.3 Å². The van der Waals surface area contributed by atoms with E-state index in [0.717, 1.165) is 44.2 Å². The topological polar surface area (TPSA) is 51.8 Å². The van der Waals surface area contributed by atoms with E-state index in [1.165, 1.54) is 36.5 Å². The summed E-state index contributed by atoms with van der Waals surface area (Å²) in [6.07, 6.45) is 0. The van der Waals surface area contributed by atoms with Gasteiger partial charge in [-0.05, 0) is 46.2 Å². The maximum Gasteiger partial charge on any atom is 0.164 e. The highest BCUT2D eigenvalue weighted by Gasteiger charge is 2.16. The molecule has 10 aromatic rings. The zero-order valence-corrected chi connectivity index (χ0v) is 26.4. The third kappa shape index (κ3) is 4.40. The van der Waals surface area contributed by atoms with Gasteiger partial charge < -0.3 is 4.42 Å². The molecule has 7 aromatic carbocycles. The lowest BCUT2D eigenvalue weighted by molar-refractivity contribution is 0.669. The molecule has 3 heterocycles. The van der Waals surface area contributed by atoms with E-state index >= 15 is 0 Å². The smallest absolute Gasteiger partial charge is 0.164 e. The molecule has 0 aliphatic rings. The molecule has 4 nitrogen and oxygen atoms in total. The molecule has 0 aliphatic heterocycles. The highest BCUT2D eigenvalue weighted by atomic mass is 32.1. The molecule has 3 aromatic heterocycles. The van der Waals surface area contributed by atoms with Crippen LogP contribution in [0.25, 0.3) is 98.2 Å². The summed E-state index contributed by atoms with van der Waals surface area (Å²) in [5, 5.41) is 7.22. The number of hydrogen-bond donors (Lipinski definition) is 0. The van der Waals surface area contributed by atoms with Crippen LogP contribution < -0.4 is 0 Å². The Bertz CT molecular complexity index is 2830. The molecule has 0 saturated heterocycles. The number of rotatable bonds is 4. The zero-order chi connectivity index (χ0) is 31.6. The average molecular weight is 632 g/mol. The van der Waals surface area contributed by atoms with E-state index in [1.54, 1.807) is 0 Å². The van der Waals surface area contributed by atoms with Crippen LogP contribution in [0.4, 0.5) is 0 Å². The Kier molecular flexibility index (Phi) is 6.01. The molecule has 0 fully saturated rings. The van der Waals surface area contributed by atoms with Crippen LogP contribution in [0.1, 0.15) is 0 Å². The Balaban J connectivity index is 1.14. The SMILES string of the molecule is c1ccc(-c2ccc(-c3nc(-c4ccc5c(c4)oc4ccccc45)nc(-c4ccc5c(c4)sc4c6ccccc6ccc54)n3)cc2)cc1. The molecule has 0 atom stereocenters. The Morgan fingerprint density at radius 1 is 0.375 bits per heavy atom. The lowest BCUT2D eigenvalue weighted by Gasteiger charge is -2.09. The monoisotopic (exact) mass is 631 g/mol. The zero-order valence-electron chi connectivity index (χ0n) is 25.6. The van der Waals surface area contributed by atoms with Gasteiger partial charge in [-0.1, -0.05) is 127 Å². The molecule has 10 rings (SSSR count). The van der Waals surface area contributed by atoms with Crippen LogP contribution in [0.5, 0.6) is 0 Å². The van der Waals surface area contributed by atoms with E-state index < -0.39 is 0 Å². The molecule has 0 radical (unpaired) electrons. The Morgan fingerprint density at radius 2 is 0.938 bits per heavy atom. The van der Waals surface area contributed by atoms with Crippen LogP contribution in [-0.2, 0) is 0 Å². The molecule has 0 spiro atoms. The number of para-hydroxylation sites is 1. The van der Waals surface area contributed by atoms with Crippen molar-refractivity contribution in [2.45, 2.75) is 0 Å². The van der Waals surface area contributed by atoms with Crippen LogP contribution in [0, 0.1) is 0 Å². The number of hydrogen-bond acceptors (Lipinski definition) is 5. The quantitative estimate of drug-likeness (QED) is 0.194. The molecular formula is C43H25N3OS. The average Bonchev–Trinajstić information content (AvgIpc) is 3.73. The second-order valence-corrected chi connectivity index (χ2v) is 13.1. The molecule has 0 bridgehead atoms. The number of fused-ring (bicyclic) bond motifs is 8. The number of benzene rings is 7. The van der Waals surface area contributed by atoms with Gasteiger partial charge in [0.1, 0.15) is 11.2 Å². The van der Waals surface area contributed by atoms with E-state index in [1.807, 2.05) is 41.7 Å². The fourth-order valence-corrected chi connectivity index (χ4v) is 7.99. The number of aromatic nitrogens is 3. The summed E-state index contributed by atoms with van der Waals surface area (Å²) >= 11 is 1.82. The third-order valence-electron chi connectivity index (χ3n) is 9.14. The first kappa shape index (κ1) is 27.0. The van der Waals surface area contributed by atoms with Crippen LogP contribution in [-0.4, -0.2) is 15.0 Å². The molecule has 0 amide bonds. The number of thiophene rings is 1. The van der Waals surface area contributed by atoms with Gasteiger partial charge in [0.15, 0.2) is 17.5 Å². The summed E-state index contributed by atoms with van der Waals surface area (Å²) < 4.78 is 8.74. The summed E-state index contributed by atoms with van der Waals surface area (Å²) in [7, 11) is 0. The predicted octanol–water partition coefficient (Wildman–Crippen LogP) is 12.0. The largest absolute Gasteiger partial charge is 0.456 e. The van der Waals surface area contributed by atoms with Gasteiger partial charge in [-0.3, -0.25) is 0 Å². The van der Waals surface area contributed by atoms with Gasteiger partial charge in [0.2, 0.25) is 0 Å². The number of furan rings is 1. The van der Waals surface area contributed by atoms with Gasteiger partial charge >= 0.3 is 0 Å². The van der Waals surface area contributed by atoms with Crippen molar-refractivity contribution >= 4 is 64.2 Å². The molecule has 5 heteroatoms. The number of nitrogens with zero attached hydrogens (tertiary/aromatic N) is 3. The minimum absolute atomic E-state index is 0.604. The van der Waals surface area contributed by atoms with Crippen molar-refractivity contribution in [3.8, 4) is 45.3 Å². The van der Waals surface area contributed by atoms with Gasteiger partial charge in [-0.2, -0.15) is 0 Å². The summed E-state index contributed by atoms with van der Waals surface area (Å²) in [4.78, 5) is 15.2. The highest BCUT2D eigenvalue weighted by Crippen LogP contribution is 2.40. The lowest BCUT2D eigenvalue weighted by atomic mass is 10.0. The Labute approximate surface area is 279 Å². The van der Waals surface area contributed by atoms with Gasteiger partial charge in [0.05, 0.1) is 0 Å². The minimum atomic E-state index is 0.604. The van der Waals surface area contributed by atoms with Crippen molar-refractivity contribution in [2.24, 2.45) is 0 Å². The molecular weight excluding hydrogens is 607 g/mol. The van der Waals surface area contributed by atoms with E-state index in [-0.39, 0.29) is 0 Å². The van der Waals surface area contributed by atoms with Crippen LogP contribution in [0.3, 0.4) is 0 Å². The van der Waals surface area contributed by atoms with Crippen molar-refractivity contribution in [1.29, 1.82) is 0 Å². The molecule has 48 heavy (non-hydrogen) atoms. The normalized spacial score (nSPS) is 11.8. The second-order valence-electron chi connectivity index (χ2n) is 12.0. The van der Waals surface area contributed by atoms with Crippen LogP contribution in [0.2, 0.25) is 0 Å². The van der Waals surface area contributed by atoms with Gasteiger partial charge in [0.25, 0.3) is 0 Å². The first-order valence-corrected chi connectivity index (χ1v) is 16.7.